The maximum atomic E-state index is 12.5. The van der Waals surface area contributed by atoms with E-state index >= 15 is 0 Å². The Morgan fingerprint density at radius 3 is 2.48 bits per heavy atom. The number of urea groups is 1. The van der Waals surface area contributed by atoms with Crippen molar-refractivity contribution in [3.63, 3.8) is 0 Å². The van der Waals surface area contributed by atoms with Crippen LogP contribution in [0.2, 0.25) is 0 Å². The summed E-state index contributed by atoms with van der Waals surface area (Å²) in [6.07, 6.45) is -3.99. The minimum absolute atomic E-state index is 0.0462. The average Bonchev–Trinajstić information content (AvgIpc) is 3.01. The van der Waals surface area contributed by atoms with Crippen LogP contribution >= 0.6 is 0 Å². The number of amides is 3. The molecule has 0 saturated carbocycles. The number of rotatable bonds is 6. The van der Waals surface area contributed by atoms with Gasteiger partial charge in [0.2, 0.25) is 5.91 Å². The van der Waals surface area contributed by atoms with E-state index in [0.29, 0.717) is 32.8 Å². The summed E-state index contributed by atoms with van der Waals surface area (Å²) < 4.78 is 10.9. The summed E-state index contributed by atoms with van der Waals surface area (Å²) in [4.78, 5) is 27.9. The number of aliphatic hydroxyl groups excluding tert-OH is 2. The predicted octanol–water partition coefficient (Wildman–Crippen LogP) is -0.434. The van der Waals surface area contributed by atoms with Crippen LogP contribution in [0.4, 0.5) is 4.79 Å². The van der Waals surface area contributed by atoms with Crippen LogP contribution in [0.3, 0.4) is 0 Å². The number of carbonyl (C=O) groups excluding carboxylic acids is 2. The smallest absolute Gasteiger partial charge is 0.317 e. The highest BCUT2D eigenvalue weighted by molar-refractivity contribution is 5.76. The summed E-state index contributed by atoms with van der Waals surface area (Å²) in [7, 11) is 1.69. The van der Waals surface area contributed by atoms with Crippen LogP contribution < -0.4 is 5.32 Å². The third kappa shape index (κ3) is 5.66. The molecule has 2 saturated heterocycles. The van der Waals surface area contributed by atoms with Crippen molar-refractivity contribution in [2.24, 2.45) is 0 Å². The van der Waals surface area contributed by atoms with Gasteiger partial charge in [0.15, 0.2) is 0 Å². The number of hydrogen-bond donors (Lipinski definition) is 3. The van der Waals surface area contributed by atoms with Gasteiger partial charge in [-0.25, -0.2) is 4.79 Å². The van der Waals surface area contributed by atoms with Crippen molar-refractivity contribution in [1.82, 2.24) is 15.1 Å². The Morgan fingerprint density at radius 2 is 1.79 bits per heavy atom. The molecular formula is C20H29N3O6. The topological polar surface area (TPSA) is 112 Å². The first kappa shape index (κ1) is 21.5. The van der Waals surface area contributed by atoms with Crippen molar-refractivity contribution in [2.75, 3.05) is 39.9 Å². The van der Waals surface area contributed by atoms with Gasteiger partial charge < -0.3 is 34.8 Å². The molecule has 0 spiro atoms. The number of nitrogens with zero attached hydrogens (tertiary/aromatic N) is 2. The van der Waals surface area contributed by atoms with Crippen LogP contribution in [0.15, 0.2) is 30.3 Å². The first-order chi connectivity index (χ1) is 14.0. The largest absolute Gasteiger partial charge is 0.388 e. The molecule has 2 aliphatic heterocycles. The number of nitrogens with one attached hydrogen (secondary N) is 1. The van der Waals surface area contributed by atoms with Crippen molar-refractivity contribution in [3.8, 4) is 0 Å². The third-order valence-electron chi connectivity index (χ3n) is 5.28. The monoisotopic (exact) mass is 407 g/mol. The fourth-order valence-corrected chi connectivity index (χ4v) is 3.50. The Morgan fingerprint density at radius 1 is 1.14 bits per heavy atom. The van der Waals surface area contributed by atoms with Crippen LogP contribution in [-0.2, 0) is 20.8 Å². The summed E-state index contributed by atoms with van der Waals surface area (Å²) in [5.74, 6) is -0.192. The van der Waals surface area contributed by atoms with E-state index in [-0.39, 0.29) is 24.9 Å². The average molecular weight is 407 g/mol. The number of carbonyl (C=O) groups is 2. The van der Waals surface area contributed by atoms with E-state index in [0.717, 1.165) is 5.56 Å². The molecular weight excluding hydrogens is 378 g/mol. The van der Waals surface area contributed by atoms with Gasteiger partial charge in [-0.05, 0) is 5.56 Å². The third-order valence-corrected chi connectivity index (χ3v) is 5.28. The van der Waals surface area contributed by atoms with Crippen molar-refractivity contribution in [1.29, 1.82) is 0 Å². The van der Waals surface area contributed by atoms with E-state index in [9.17, 15) is 19.8 Å². The second-order valence-corrected chi connectivity index (χ2v) is 7.42. The molecule has 2 fully saturated rings. The highest BCUT2D eigenvalue weighted by Gasteiger charge is 2.43. The lowest BCUT2D eigenvalue weighted by atomic mass is 10.0. The van der Waals surface area contributed by atoms with E-state index < -0.39 is 24.4 Å². The second-order valence-electron chi connectivity index (χ2n) is 7.42. The van der Waals surface area contributed by atoms with Crippen molar-refractivity contribution < 1.29 is 29.3 Å². The van der Waals surface area contributed by atoms with Gasteiger partial charge in [0.25, 0.3) is 0 Å². The van der Waals surface area contributed by atoms with Gasteiger partial charge >= 0.3 is 6.03 Å². The lowest BCUT2D eigenvalue weighted by Crippen LogP contribution is -2.49. The van der Waals surface area contributed by atoms with E-state index in [1.165, 1.54) is 0 Å². The Hall–Kier alpha value is -2.20. The minimum atomic E-state index is -1.19. The zero-order valence-corrected chi connectivity index (χ0v) is 16.6. The molecule has 0 radical (unpaired) electrons. The first-order valence-corrected chi connectivity index (χ1v) is 9.85. The molecule has 1 aromatic carbocycles. The van der Waals surface area contributed by atoms with Crippen LogP contribution in [-0.4, -0.2) is 96.3 Å². The van der Waals surface area contributed by atoms with Crippen LogP contribution in [0.5, 0.6) is 0 Å². The summed E-state index contributed by atoms with van der Waals surface area (Å²) >= 11 is 0. The van der Waals surface area contributed by atoms with Gasteiger partial charge in [0.1, 0.15) is 18.3 Å². The number of hydrogen-bond acceptors (Lipinski definition) is 6. The lowest BCUT2D eigenvalue weighted by Gasteiger charge is -2.27. The number of ether oxygens (including phenoxy) is 2. The molecule has 29 heavy (non-hydrogen) atoms. The van der Waals surface area contributed by atoms with Crippen molar-refractivity contribution in [3.05, 3.63) is 35.9 Å². The molecule has 0 aliphatic carbocycles. The molecule has 1 aromatic rings. The SMILES string of the molecule is CN(Cc1ccccc1)C(=O)CC1OC(CNC(=O)N2CCOCC2)C(O)C1O. The standard InChI is InChI=1S/C20H29N3O6/c1-22(13-14-5-3-2-4-6-14)17(24)11-15-18(25)19(26)16(29-15)12-21-20(27)23-7-9-28-10-8-23/h2-6,15-16,18-19,25-26H,7-13H2,1H3,(H,21,27). The summed E-state index contributed by atoms with van der Waals surface area (Å²) in [6.45, 7) is 2.51. The maximum Gasteiger partial charge on any atom is 0.317 e. The Bertz CT molecular complexity index is 682. The first-order valence-electron chi connectivity index (χ1n) is 9.85. The Labute approximate surface area is 170 Å². The van der Waals surface area contributed by atoms with Crippen LogP contribution in [0, 0.1) is 0 Å². The van der Waals surface area contributed by atoms with Gasteiger partial charge in [-0.2, -0.15) is 0 Å². The fourth-order valence-electron chi connectivity index (χ4n) is 3.50. The van der Waals surface area contributed by atoms with E-state index in [4.69, 9.17) is 9.47 Å². The molecule has 3 amide bonds. The van der Waals surface area contributed by atoms with E-state index in [2.05, 4.69) is 5.32 Å². The fraction of sp³-hybridized carbons (Fsp3) is 0.600. The molecule has 4 unspecified atom stereocenters. The molecule has 2 heterocycles. The highest BCUT2D eigenvalue weighted by Crippen LogP contribution is 2.24. The van der Waals surface area contributed by atoms with Gasteiger partial charge in [-0.15, -0.1) is 0 Å². The maximum absolute atomic E-state index is 12.5. The van der Waals surface area contributed by atoms with E-state index in [1.54, 1.807) is 16.8 Å². The van der Waals surface area contributed by atoms with E-state index in [1.807, 2.05) is 30.3 Å². The molecule has 3 N–H and O–H groups in total. The number of aliphatic hydroxyl groups is 2. The normalized spacial score (nSPS) is 26.9. The Balaban J connectivity index is 1.47. The van der Waals surface area contributed by atoms with Crippen molar-refractivity contribution in [2.45, 2.75) is 37.4 Å². The number of benzene rings is 1. The molecule has 0 aromatic heterocycles. The summed E-state index contributed by atoms with van der Waals surface area (Å²) in [5, 5.41) is 23.2. The van der Waals surface area contributed by atoms with Gasteiger partial charge in [0.05, 0.1) is 25.7 Å². The molecule has 0 bridgehead atoms. The molecule has 4 atom stereocenters. The lowest BCUT2D eigenvalue weighted by molar-refractivity contribution is -0.134. The van der Waals surface area contributed by atoms with Gasteiger partial charge in [0, 0.05) is 33.2 Å². The molecule has 9 nitrogen and oxygen atoms in total. The molecule has 2 aliphatic rings. The Kier molecular flexibility index (Phi) is 7.43. The molecule has 9 heteroatoms. The predicted molar refractivity (Wildman–Crippen MR) is 104 cm³/mol. The van der Waals surface area contributed by atoms with Gasteiger partial charge in [-0.1, -0.05) is 30.3 Å². The summed E-state index contributed by atoms with van der Waals surface area (Å²) in [6, 6.07) is 9.32. The van der Waals surface area contributed by atoms with Crippen LogP contribution in [0.25, 0.3) is 0 Å². The van der Waals surface area contributed by atoms with Gasteiger partial charge in [-0.3, -0.25) is 4.79 Å². The summed E-state index contributed by atoms with van der Waals surface area (Å²) in [5.41, 5.74) is 1.000. The molecule has 160 valence electrons. The zero-order valence-electron chi connectivity index (χ0n) is 16.6. The quantitative estimate of drug-likeness (QED) is 0.590. The number of morpholine rings is 1. The zero-order chi connectivity index (χ0) is 20.8. The highest BCUT2D eigenvalue weighted by atomic mass is 16.5. The minimum Gasteiger partial charge on any atom is -0.388 e. The molecule has 3 rings (SSSR count). The second kappa shape index (κ2) is 10.0. The van der Waals surface area contributed by atoms with Crippen molar-refractivity contribution >= 4 is 11.9 Å². The van der Waals surface area contributed by atoms with Crippen LogP contribution in [0.1, 0.15) is 12.0 Å².